The molecule has 3 aromatic carbocycles. The highest BCUT2D eigenvalue weighted by molar-refractivity contribution is 5.83. The maximum atomic E-state index is 12.2. The number of benzene rings is 3. The quantitative estimate of drug-likeness (QED) is 0.625. The molecule has 0 aromatic heterocycles. The molecule has 0 bridgehead atoms. The fraction of sp³-hybridized carbons (Fsp3) is 0.167. The zero-order chi connectivity index (χ0) is 19.8. The van der Waals surface area contributed by atoms with Crippen LogP contribution in [-0.2, 0) is 22.4 Å². The number of carboxylic acids is 1. The molecule has 4 nitrogen and oxygen atoms in total. The number of amides is 1. The highest BCUT2D eigenvalue weighted by Crippen LogP contribution is 2.19. The number of carbonyl (C=O) groups excluding carboxylic acids is 1. The zero-order valence-electron chi connectivity index (χ0n) is 15.5. The SMILES string of the molecule is O=C(CCc1ccccc1)N[C@@H](Cc1ccc(-c2ccccc2)cc1)C(=O)O. The lowest BCUT2D eigenvalue weighted by Gasteiger charge is -2.15. The van der Waals surface area contributed by atoms with Gasteiger partial charge < -0.3 is 10.4 Å². The molecule has 3 rings (SSSR count). The monoisotopic (exact) mass is 373 g/mol. The van der Waals surface area contributed by atoms with E-state index in [2.05, 4.69) is 5.32 Å². The molecule has 2 N–H and O–H groups in total. The molecule has 0 aliphatic rings. The largest absolute Gasteiger partial charge is 0.480 e. The molecule has 0 unspecified atom stereocenters. The van der Waals surface area contributed by atoms with Gasteiger partial charge in [0.25, 0.3) is 0 Å². The van der Waals surface area contributed by atoms with Crippen molar-refractivity contribution >= 4 is 11.9 Å². The van der Waals surface area contributed by atoms with E-state index in [9.17, 15) is 14.7 Å². The Morgan fingerprint density at radius 2 is 1.32 bits per heavy atom. The second-order valence-corrected chi connectivity index (χ2v) is 6.71. The van der Waals surface area contributed by atoms with Crippen molar-refractivity contribution < 1.29 is 14.7 Å². The molecule has 0 heterocycles. The first kappa shape index (κ1) is 19.4. The molecular weight excluding hydrogens is 350 g/mol. The Balaban J connectivity index is 1.58. The summed E-state index contributed by atoms with van der Waals surface area (Å²) in [4.78, 5) is 23.8. The normalized spacial score (nSPS) is 11.6. The van der Waals surface area contributed by atoms with Crippen LogP contribution in [0.4, 0.5) is 0 Å². The van der Waals surface area contributed by atoms with Crippen LogP contribution in [0.1, 0.15) is 17.5 Å². The van der Waals surface area contributed by atoms with Crippen LogP contribution >= 0.6 is 0 Å². The van der Waals surface area contributed by atoms with Gasteiger partial charge in [0.05, 0.1) is 0 Å². The van der Waals surface area contributed by atoms with E-state index in [1.807, 2.05) is 84.9 Å². The predicted octanol–water partition coefficient (Wildman–Crippen LogP) is 4.10. The third kappa shape index (κ3) is 5.55. The van der Waals surface area contributed by atoms with E-state index in [1.54, 1.807) is 0 Å². The van der Waals surface area contributed by atoms with Crippen molar-refractivity contribution in [2.24, 2.45) is 0 Å². The van der Waals surface area contributed by atoms with Gasteiger partial charge in [-0.2, -0.15) is 0 Å². The molecule has 0 aliphatic carbocycles. The average molecular weight is 373 g/mol. The van der Waals surface area contributed by atoms with Crippen LogP contribution in [0.2, 0.25) is 0 Å². The second-order valence-electron chi connectivity index (χ2n) is 6.71. The third-order valence-electron chi connectivity index (χ3n) is 4.62. The maximum absolute atomic E-state index is 12.2. The van der Waals surface area contributed by atoms with Gasteiger partial charge in [-0.1, -0.05) is 84.9 Å². The van der Waals surface area contributed by atoms with Crippen LogP contribution in [0.5, 0.6) is 0 Å². The summed E-state index contributed by atoms with van der Waals surface area (Å²) in [6.07, 6.45) is 1.10. The fourth-order valence-electron chi connectivity index (χ4n) is 3.07. The molecule has 0 radical (unpaired) electrons. The molecule has 4 heteroatoms. The van der Waals surface area contributed by atoms with E-state index in [1.165, 1.54) is 0 Å². The van der Waals surface area contributed by atoms with Crippen molar-refractivity contribution in [3.8, 4) is 11.1 Å². The number of aliphatic carboxylic acids is 1. The number of carboxylic acid groups (broad SMARTS) is 1. The minimum Gasteiger partial charge on any atom is -0.480 e. The summed E-state index contributed by atoms with van der Waals surface area (Å²) in [5, 5.41) is 12.1. The minimum absolute atomic E-state index is 0.251. The van der Waals surface area contributed by atoms with Crippen molar-refractivity contribution in [3.05, 3.63) is 96.1 Å². The van der Waals surface area contributed by atoms with E-state index in [0.717, 1.165) is 22.3 Å². The predicted molar refractivity (Wildman–Crippen MR) is 110 cm³/mol. The Morgan fingerprint density at radius 1 is 0.750 bits per heavy atom. The first-order valence-corrected chi connectivity index (χ1v) is 9.32. The number of aryl methyl sites for hydroxylation is 1. The van der Waals surface area contributed by atoms with Gasteiger partial charge in [-0.05, 0) is 28.7 Å². The van der Waals surface area contributed by atoms with Crippen LogP contribution < -0.4 is 5.32 Å². The van der Waals surface area contributed by atoms with E-state index >= 15 is 0 Å². The molecule has 3 aromatic rings. The Morgan fingerprint density at radius 3 is 1.93 bits per heavy atom. The second kappa shape index (κ2) is 9.51. The smallest absolute Gasteiger partial charge is 0.326 e. The van der Waals surface area contributed by atoms with Gasteiger partial charge in [-0.15, -0.1) is 0 Å². The highest BCUT2D eigenvalue weighted by Gasteiger charge is 2.20. The summed E-state index contributed by atoms with van der Waals surface area (Å²) >= 11 is 0. The van der Waals surface area contributed by atoms with Gasteiger partial charge in [0.1, 0.15) is 6.04 Å². The lowest BCUT2D eigenvalue weighted by Crippen LogP contribution is -2.42. The first-order chi connectivity index (χ1) is 13.6. The average Bonchev–Trinajstić information content (AvgIpc) is 2.73. The summed E-state index contributed by atoms with van der Waals surface area (Å²) < 4.78 is 0. The molecule has 142 valence electrons. The zero-order valence-corrected chi connectivity index (χ0v) is 15.5. The van der Waals surface area contributed by atoms with E-state index in [0.29, 0.717) is 6.42 Å². The highest BCUT2D eigenvalue weighted by atomic mass is 16.4. The fourth-order valence-corrected chi connectivity index (χ4v) is 3.07. The minimum atomic E-state index is -1.03. The maximum Gasteiger partial charge on any atom is 0.326 e. The van der Waals surface area contributed by atoms with Crippen molar-refractivity contribution in [2.75, 3.05) is 0 Å². The first-order valence-electron chi connectivity index (χ1n) is 9.32. The van der Waals surface area contributed by atoms with Crippen molar-refractivity contribution in [3.63, 3.8) is 0 Å². The van der Waals surface area contributed by atoms with Crippen molar-refractivity contribution in [2.45, 2.75) is 25.3 Å². The summed E-state index contributed by atoms with van der Waals surface area (Å²) in [5.74, 6) is -1.28. The van der Waals surface area contributed by atoms with Gasteiger partial charge in [0.15, 0.2) is 0 Å². The molecule has 0 saturated carbocycles. The van der Waals surface area contributed by atoms with E-state index in [-0.39, 0.29) is 18.7 Å². The summed E-state index contributed by atoms with van der Waals surface area (Å²) in [5.41, 5.74) is 4.11. The number of carbonyl (C=O) groups is 2. The van der Waals surface area contributed by atoms with E-state index in [4.69, 9.17) is 0 Å². The molecular formula is C24H23NO3. The van der Waals surface area contributed by atoms with Crippen LogP contribution in [0.25, 0.3) is 11.1 Å². The van der Waals surface area contributed by atoms with Gasteiger partial charge in [-0.25, -0.2) is 4.79 Å². The van der Waals surface area contributed by atoms with E-state index < -0.39 is 12.0 Å². The van der Waals surface area contributed by atoms with Crippen molar-refractivity contribution in [1.29, 1.82) is 0 Å². The van der Waals surface area contributed by atoms with Gasteiger partial charge in [-0.3, -0.25) is 4.79 Å². The standard InChI is InChI=1S/C24H23NO3/c26-23(16-13-18-7-3-1-4-8-18)25-22(24(27)28)17-19-11-14-21(15-12-19)20-9-5-2-6-10-20/h1-12,14-15,22H,13,16-17H2,(H,25,26)(H,27,28)/t22-/m0/s1. The number of hydrogen-bond donors (Lipinski definition) is 2. The number of nitrogens with one attached hydrogen (secondary N) is 1. The van der Waals surface area contributed by atoms with Crippen LogP contribution in [0.3, 0.4) is 0 Å². The molecule has 1 amide bonds. The topological polar surface area (TPSA) is 66.4 Å². The van der Waals surface area contributed by atoms with Crippen LogP contribution in [0, 0.1) is 0 Å². The van der Waals surface area contributed by atoms with Crippen molar-refractivity contribution in [1.82, 2.24) is 5.32 Å². The molecule has 1 atom stereocenters. The summed E-state index contributed by atoms with van der Waals surface area (Å²) in [7, 11) is 0. The van der Waals surface area contributed by atoms with Gasteiger partial charge in [0.2, 0.25) is 5.91 Å². The molecule has 0 fully saturated rings. The Labute approximate surface area is 164 Å². The molecule has 0 aliphatic heterocycles. The van der Waals surface area contributed by atoms with Gasteiger partial charge in [0, 0.05) is 12.8 Å². The Bertz CT molecular complexity index is 906. The summed E-state index contributed by atoms with van der Waals surface area (Å²) in [6.45, 7) is 0. The lowest BCUT2D eigenvalue weighted by molar-refractivity contribution is -0.141. The molecule has 0 saturated heterocycles. The number of rotatable bonds is 8. The third-order valence-corrected chi connectivity index (χ3v) is 4.62. The Kier molecular flexibility index (Phi) is 6.58. The van der Waals surface area contributed by atoms with Gasteiger partial charge >= 0.3 is 5.97 Å². The summed E-state index contributed by atoms with van der Waals surface area (Å²) in [6, 6.07) is 26.5. The van der Waals surface area contributed by atoms with Crippen LogP contribution in [-0.4, -0.2) is 23.0 Å². The lowest BCUT2D eigenvalue weighted by atomic mass is 10.0. The molecule has 0 spiro atoms. The van der Waals surface area contributed by atoms with Crippen LogP contribution in [0.15, 0.2) is 84.9 Å². The number of hydrogen-bond acceptors (Lipinski definition) is 2. The molecule has 28 heavy (non-hydrogen) atoms. The Hall–Kier alpha value is -3.40.